The van der Waals surface area contributed by atoms with Gasteiger partial charge in [-0.3, -0.25) is 4.79 Å². The molecular weight excluding hydrogens is 344 g/mol. The number of nitrogens with zero attached hydrogens (tertiary/aromatic N) is 3. The number of carbonyl (C=O) groups is 2. The second-order valence-corrected chi connectivity index (χ2v) is 6.01. The van der Waals surface area contributed by atoms with Crippen molar-refractivity contribution in [2.45, 2.75) is 13.0 Å². The van der Waals surface area contributed by atoms with E-state index in [2.05, 4.69) is 15.2 Å². The van der Waals surface area contributed by atoms with E-state index >= 15 is 0 Å². The molecule has 0 spiro atoms. The minimum absolute atomic E-state index is 0.0393. The number of aromatic amines is 1. The number of Topliss-reactive ketones (excluding diaryl/α,β-unsaturated/α-hetero) is 1. The second kappa shape index (κ2) is 6.87. The van der Waals surface area contributed by atoms with E-state index in [1.54, 1.807) is 13.1 Å². The lowest BCUT2D eigenvalue weighted by Crippen LogP contribution is -2.24. The van der Waals surface area contributed by atoms with Crippen LogP contribution >= 0.6 is 0 Å². The van der Waals surface area contributed by atoms with Crippen LogP contribution in [-0.2, 0) is 4.74 Å². The highest BCUT2D eigenvalue weighted by Crippen LogP contribution is 2.20. The standard InChI is InChI=1S/C20H16N4O3/c1-13(19(25)16-11-21-17-10-6-5-9-15(16)17)27-20(26)18-12-22-24(23-18)14-7-3-2-4-8-14/h2-13,21H,1H3/t13-/m1/s1. The molecule has 0 saturated carbocycles. The van der Waals surface area contributed by atoms with Gasteiger partial charge >= 0.3 is 5.97 Å². The van der Waals surface area contributed by atoms with E-state index in [1.807, 2.05) is 54.6 Å². The Labute approximate surface area is 154 Å². The number of para-hydroxylation sites is 2. The van der Waals surface area contributed by atoms with Crippen LogP contribution in [0.25, 0.3) is 16.6 Å². The molecule has 4 aromatic rings. The Hall–Kier alpha value is -3.74. The van der Waals surface area contributed by atoms with Crippen molar-refractivity contribution in [3.63, 3.8) is 0 Å². The second-order valence-electron chi connectivity index (χ2n) is 6.01. The Kier molecular flexibility index (Phi) is 4.25. The van der Waals surface area contributed by atoms with Crippen molar-refractivity contribution in [2.75, 3.05) is 0 Å². The molecule has 2 aromatic carbocycles. The van der Waals surface area contributed by atoms with E-state index in [0.29, 0.717) is 5.56 Å². The summed E-state index contributed by atoms with van der Waals surface area (Å²) in [5.41, 5.74) is 2.10. The van der Waals surface area contributed by atoms with Crippen molar-refractivity contribution in [2.24, 2.45) is 0 Å². The molecule has 134 valence electrons. The molecule has 0 aliphatic heterocycles. The Balaban J connectivity index is 1.49. The van der Waals surface area contributed by atoms with E-state index in [9.17, 15) is 9.59 Å². The number of ketones is 1. The normalized spacial score (nSPS) is 12.0. The maximum atomic E-state index is 12.7. The van der Waals surface area contributed by atoms with Crippen molar-refractivity contribution in [1.29, 1.82) is 0 Å². The van der Waals surface area contributed by atoms with Gasteiger partial charge in [0.15, 0.2) is 11.8 Å². The van der Waals surface area contributed by atoms with Crippen LogP contribution in [0.15, 0.2) is 67.0 Å². The number of esters is 1. The van der Waals surface area contributed by atoms with Crippen LogP contribution in [0.1, 0.15) is 27.8 Å². The first-order valence-corrected chi connectivity index (χ1v) is 8.42. The van der Waals surface area contributed by atoms with Crippen molar-refractivity contribution in [3.05, 3.63) is 78.2 Å². The molecule has 0 saturated heterocycles. The molecule has 2 aromatic heterocycles. The zero-order chi connectivity index (χ0) is 18.8. The third-order valence-electron chi connectivity index (χ3n) is 4.20. The highest BCUT2D eigenvalue weighted by molar-refractivity contribution is 6.10. The smallest absolute Gasteiger partial charge is 0.361 e. The maximum Gasteiger partial charge on any atom is 0.361 e. The number of benzene rings is 2. The molecule has 1 atom stereocenters. The van der Waals surface area contributed by atoms with Crippen LogP contribution in [0, 0.1) is 0 Å². The number of carbonyl (C=O) groups excluding carboxylic acids is 2. The molecule has 7 heteroatoms. The van der Waals surface area contributed by atoms with Gasteiger partial charge in [0.2, 0.25) is 5.78 Å². The Bertz CT molecular complexity index is 1110. The molecule has 0 aliphatic rings. The molecular formula is C20H16N4O3. The highest BCUT2D eigenvalue weighted by Gasteiger charge is 2.24. The number of rotatable bonds is 5. The highest BCUT2D eigenvalue weighted by atomic mass is 16.5. The summed E-state index contributed by atoms with van der Waals surface area (Å²) in [4.78, 5) is 29.4. The van der Waals surface area contributed by atoms with Gasteiger partial charge in [0.25, 0.3) is 0 Å². The zero-order valence-electron chi connectivity index (χ0n) is 14.5. The van der Waals surface area contributed by atoms with Crippen LogP contribution in [0.4, 0.5) is 0 Å². The summed E-state index contributed by atoms with van der Waals surface area (Å²) < 4.78 is 5.30. The van der Waals surface area contributed by atoms with Gasteiger partial charge in [-0.05, 0) is 25.1 Å². The molecule has 0 aliphatic carbocycles. The minimum atomic E-state index is -0.946. The zero-order valence-corrected chi connectivity index (χ0v) is 14.5. The fourth-order valence-electron chi connectivity index (χ4n) is 2.81. The average molecular weight is 360 g/mol. The third kappa shape index (κ3) is 3.22. The minimum Gasteiger partial charge on any atom is -0.449 e. The summed E-state index contributed by atoms with van der Waals surface area (Å²) in [7, 11) is 0. The van der Waals surface area contributed by atoms with E-state index < -0.39 is 12.1 Å². The molecule has 7 nitrogen and oxygen atoms in total. The van der Waals surface area contributed by atoms with Gasteiger partial charge in [-0.2, -0.15) is 9.90 Å². The van der Waals surface area contributed by atoms with Crippen LogP contribution in [-0.4, -0.2) is 37.8 Å². The molecule has 0 fully saturated rings. The van der Waals surface area contributed by atoms with E-state index in [0.717, 1.165) is 16.6 Å². The number of hydrogen-bond acceptors (Lipinski definition) is 5. The predicted octanol–water partition coefficient (Wildman–Crippen LogP) is 3.18. The third-order valence-corrected chi connectivity index (χ3v) is 4.20. The lowest BCUT2D eigenvalue weighted by molar-refractivity contribution is 0.0313. The van der Waals surface area contributed by atoms with Gasteiger partial charge in [0, 0.05) is 22.7 Å². The quantitative estimate of drug-likeness (QED) is 0.436. The van der Waals surface area contributed by atoms with E-state index in [-0.39, 0.29) is 11.5 Å². The number of aromatic nitrogens is 4. The first kappa shape index (κ1) is 16.7. The number of nitrogens with one attached hydrogen (secondary N) is 1. The van der Waals surface area contributed by atoms with Crippen LogP contribution in [0.2, 0.25) is 0 Å². The summed E-state index contributed by atoms with van der Waals surface area (Å²) in [6.45, 7) is 1.55. The van der Waals surface area contributed by atoms with Crippen molar-refractivity contribution in [1.82, 2.24) is 20.0 Å². The summed E-state index contributed by atoms with van der Waals surface area (Å²) in [5, 5.41) is 8.98. The molecule has 4 rings (SSSR count). The first-order chi connectivity index (χ1) is 13.1. The van der Waals surface area contributed by atoms with Crippen molar-refractivity contribution >= 4 is 22.7 Å². The number of fused-ring (bicyclic) bond motifs is 1. The van der Waals surface area contributed by atoms with Crippen LogP contribution in [0.5, 0.6) is 0 Å². The van der Waals surface area contributed by atoms with Crippen LogP contribution in [0.3, 0.4) is 0 Å². The van der Waals surface area contributed by atoms with Gasteiger partial charge in [0.05, 0.1) is 11.9 Å². The van der Waals surface area contributed by atoms with Gasteiger partial charge in [0.1, 0.15) is 0 Å². The lowest BCUT2D eigenvalue weighted by Gasteiger charge is -2.10. The predicted molar refractivity (Wildman–Crippen MR) is 98.9 cm³/mol. The van der Waals surface area contributed by atoms with Gasteiger partial charge < -0.3 is 9.72 Å². The van der Waals surface area contributed by atoms with Crippen LogP contribution < -0.4 is 0 Å². The van der Waals surface area contributed by atoms with E-state index in [1.165, 1.54) is 11.0 Å². The Morgan fingerprint density at radius 2 is 1.81 bits per heavy atom. The Morgan fingerprint density at radius 1 is 1.07 bits per heavy atom. The lowest BCUT2D eigenvalue weighted by atomic mass is 10.1. The largest absolute Gasteiger partial charge is 0.449 e. The SMILES string of the molecule is C[C@@H](OC(=O)c1cnn(-c2ccccc2)n1)C(=O)c1c[nH]c2ccccc12. The number of ether oxygens (including phenoxy) is 1. The summed E-state index contributed by atoms with van der Waals surface area (Å²) in [5.74, 6) is -0.978. The molecule has 27 heavy (non-hydrogen) atoms. The molecule has 0 bridgehead atoms. The molecule has 1 N–H and O–H groups in total. The Morgan fingerprint density at radius 3 is 2.63 bits per heavy atom. The topological polar surface area (TPSA) is 89.9 Å². The molecule has 2 heterocycles. The number of hydrogen-bond donors (Lipinski definition) is 1. The molecule has 0 amide bonds. The average Bonchev–Trinajstić information content (AvgIpc) is 3.35. The molecule has 0 unspecified atom stereocenters. The first-order valence-electron chi connectivity index (χ1n) is 8.42. The van der Waals surface area contributed by atoms with Crippen molar-refractivity contribution in [3.8, 4) is 5.69 Å². The summed E-state index contributed by atoms with van der Waals surface area (Å²) >= 11 is 0. The summed E-state index contributed by atoms with van der Waals surface area (Å²) in [6, 6.07) is 16.7. The van der Waals surface area contributed by atoms with Gasteiger partial charge in [-0.15, -0.1) is 5.10 Å². The van der Waals surface area contributed by atoms with Gasteiger partial charge in [-0.25, -0.2) is 4.79 Å². The van der Waals surface area contributed by atoms with Crippen molar-refractivity contribution < 1.29 is 14.3 Å². The number of H-pyrrole nitrogens is 1. The van der Waals surface area contributed by atoms with E-state index in [4.69, 9.17) is 4.74 Å². The maximum absolute atomic E-state index is 12.7. The fourth-order valence-corrected chi connectivity index (χ4v) is 2.81. The fraction of sp³-hybridized carbons (Fsp3) is 0.100. The molecule has 0 radical (unpaired) electrons. The van der Waals surface area contributed by atoms with Gasteiger partial charge in [-0.1, -0.05) is 36.4 Å². The monoisotopic (exact) mass is 360 g/mol. The summed E-state index contributed by atoms with van der Waals surface area (Å²) in [6.07, 6.45) is 2.00.